The van der Waals surface area contributed by atoms with Crippen LogP contribution in [0.15, 0.2) is 61.1 Å². The summed E-state index contributed by atoms with van der Waals surface area (Å²) < 4.78 is 15.1. The minimum Gasteiger partial charge on any atom is -0.325 e. The van der Waals surface area contributed by atoms with Crippen LogP contribution in [-0.2, 0) is 11.2 Å². The van der Waals surface area contributed by atoms with Crippen molar-refractivity contribution in [3.8, 4) is 5.82 Å². The summed E-state index contributed by atoms with van der Waals surface area (Å²) in [6, 6.07) is 11.8. The molecule has 1 aromatic carbocycles. The quantitative estimate of drug-likeness (QED) is 0.788. The number of nitrogens with one attached hydrogen (secondary N) is 1. The number of hydrogen-bond donors (Lipinski definition) is 1. The van der Waals surface area contributed by atoms with Crippen LogP contribution in [0.5, 0.6) is 0 Å². The van der Waals surface area contributed by atoms with E-state index >= 15 is 0 Å². The molecular formula is C17H15FN4O. The van der Waals surface area contributed by atoms with Gasteiger partial charge in [-0.3, -0.25) is 4.79 Å². The lowest BCUT2D eigenvalue weighted by atomic mass is 10.1. The maximum atomic E-state index is 13.5. The molecule has 0 spiro atoms. The lowest BCUT2D eigenvalue weighted by Crippen LogP contribution is -2.13. The van der Waals surface area contributed by atoms with E-state index in [9.17, 15) is 9.18 Å². The molecule has 2 aromatic heterocycles. The molecule has 0 atom stereocenters. The number of benzene rings is 1. The highest BCUT2D eigenvalue weighted by Crippen LogP contribution is 2.12. The number of nitrogens with zero attached hydrogens (tertiary/aromatic N) is 3. The summed E-state index contributed by atoms with van der Waals surface area (Å²) in [6.07, 6.45) is 5.59. The fourth-order valence-corrected chi connectivity index (χ4v) is 2.17. The number of hydrogen-bond acceptors (Lipinski definition) is 3. The van der Waals surface area contributed by atoms with Gasteiger partial charge in [-0.25, -0.2) is 14.1 Å². The topological polar surface area (TPSA) is 59.8 Å². The highest BCUT2D eigenvalue weighted by atomic mass is 19.1. The summed E-state index contributed by atoms with van der Waals surface area (Å²) >= 11 is 0. The van der Waals surface area contributed by atoms with Gasteiger partial charge in [0, 0.05) is 18.8 Å². The van der Waals surface area contributed by atoms with Crippen molar-refractivity contribution in [1.29, 1.82) is 0 Å². The van der Waals surface area contributed by atoms with Gasteiger partial charge < -0.3 is 5.32 Å². The molecule has 1 N–H and O–H groups in total. The molecule has 0 saturated heterocycles. The van der Waals surface area contributed by atoms with E-state index in [-0.39, 0.29) is 18.1 Å². The van der Waals surface area contributed by atoms with Gasteiger partial charge in [-0.2, -0.15) is 5.10 Å². The van der Waals surface area contributed by atoms with Gasteiger partial charge >= 0.3 is 0 Å². The first-order valence-corrected chi connectivity index (χ1v) is 7.22. The van der Waals surface area contributed by atoms with Crippen LogP contribution in [0.4, 0.5) is 10.1 Å². The highest BCUT2D eigenvalue weighted by Gasteiger charge is 2.07. The third-order valence-corrected chi connectivity index (χ3v) is 3.35. The number of halogens is 1. The first kappa shape index (κ1) is 14.9. The molecule has 0 radical (unpaired) electrons. The van der Waals surface area contributed by atoms with Crippen molar-refractivity contribution in [2.45, 2.75) is 12.8 Å². The van der Waals surface area contributed by atoms with Gasteiger partial charge in [0.25, 0.3) is 0 Å². The molecule has 0 bridgehead atoms. The molecule has 116 valence electrons. The normalized spacial score (nSPS) is 10.5. The van der Waals surface area contributed by atoms with Crippen molar-refractivity contribution in [2.24, 2.45) is 0 Å². The van der Waals surface area contributed by atoms with Gasteiger partial charge in [-0.1, -0.05) is 18.2 Å². The number of anilines is 1. The molecule has 3 aromatic rings. The van der Waals surface area contributed by atoms with Crippen LogP contribution in [0.3, 0.4) is 0 Å². The van der Waals surface area contributed by atoms with Crippen LogP contribution < -0.4 is 5.32 Å². The molecule has 0 aliphatic carbocycles. The van der Waals surface area contributed by atoms with E-state index in [1.54, 1.807) is 59.7 Å². The second kappa shape index (κ2) is 6.83. The van der Waals surface area contributed by atoms with Gasteiger partial charge in [-0.05, 0) is 36.2 Å². The van der Waals surface area contributed by atoms with Crippen LogP contribution >= 0.6 is 0 Å². The van der Waals surface area contributed by atoms with Gasteiger partial charge in [0.15, 0.2) is 5.82 Å². The first-order chi connectivity index (χ1) is 11.2. The van der Waals surface area contributed by atoms with Crippen LogP contribution in [-0.4, -0.2) is 20.7 Å². The Morgan fingerprint density at radius 2 is 2.04 bits per heavy atom. The van der Waals surface area contributed by atoms with E-state index in [0.29, 0.717) is 23.5 Å². The van der Waals surface area contributed by atoms with Crippen molar-refractivity contribution in [3.05, 3.63) is 72.4 Å². The SMILES string of the molecule is O=C(CCc1ccccc1F)Nc1ccc(-n2cccn2)nc1. The first-order valence-electron chi connectivity index (χ1n) is 7.22. The molecule has 0 saturated carbocycles. The molecule has 6 heteroatoms. The van der Waals surface area contributed by atoms with Crippen LogP contribution in [0, 0.1) is 5.82 Å². The predicted molar refractivity (Wildman–Crippen MR) is 84.7 cm³/mol. The van der Waals surface area contributed by atoms with Crippen LogP contribution in [0.1, 0.15) is 12.0 Å². The fraction of sp³-hybridized carbons (Fsp3) is 0.118. The summed E-state index contributed by atoms with van der Waals surface area (Å²) in [6.45, 7) is 0. The Balaban J connectivity index is 1.57. The van der Waals surface area contributed by atoms with Gasteiger partial charge in [-0.15, -0.1) is 0 Å². The summed E-state index contributed by atoms with van der Waals surface area (Å²) in [4.78, 5) is 16.2. The molecule has 2 heterocycles. The van der Waals surface area contributed by atoms with E-state index in [0.717, 1.165) is 0 Å². The fourth-order valence-electron chi connectivity index (χ4n) is 2.17. The van der Waals surface area contributed by atoms with Gasteiger partial charge in [0.1, 0.15) is 5.82 Å². The Bertz CT molecular complexity index is 785. The second-order valence-corrected chi connectivity index (χ2v) is 5.00. The highest BCUT2D eigenvalue weighted by molar-refractivity contribution is 5.90. The number of aromatic nitrogens is 3. The summed E-state index contributed by atoms with van der Waals surface area (Å²) in [5.41, 5.74) is 1.13. The van der Waals surface area contributed by atoms with Crippen LogP contribution in [0.25, 0.3) is 5.82 Å². The number of carbonyl (C=O) groups excluding carboxylic acids is 1. The third-order valence-electron chi connectivity index (χ3n) is 3.35. The predicted octanol–water partition coefficient (Wildman–Crippen LogP) is 2.98. The number of pyridine rings is 1. The summed E-state index contributed by atoms with van der Waals surface area (Å²) in [5.74, 6) is 0.201. The standard InChI is InChI=1S/C17H15FN4O/c18-15-5-2-1-4-13(15)6-9-17(23)21-14-7-8-16(19-12-14)22-11-3-10-20-22/h1-5,7-8,10-12H,6,9H2,(H,21,23). The molecule has 23 heavy (non-hydrogen) atoms. The zero-order valence-corrected chi connectivity index (χ0v) is 12.3. The lowest BCUT2D eigenvalue weighted by molar-refractivity contribution is -0.116. The maximum Gasteiger partial charge on any atom is 0.224 e. The Labute approximate surface area is 132 Å². The molecule has 1 amide bonds. The minimum atomic E-state index is -0.287. The second-order valence-electron chi connectivity index (χ2n) is 5.00. The monoisotopic (exact) mass is 310 g/mol. The van der Waals surface area contributed by atoms with Gasteiger partial charge in [0.2, 0.25) is 5.91 Å². The van der Waals surface area contributed by atoms with Crippen molar-refractivity contribution in [3.63, 3.8) is 0 Å². The smallest absolute Gasteiger partial charge is 0.224 e. The van der Waals surface area contributed by atoms with E-state index in [2.05, 4.69) is 15.4 Å². The van der Waals surface area contributed by atoms with E-state index in [4.69, 9.17) is 0 Å². The molecule has 3 rings (SSSR count). The maximum absolute atomic E-state index is 13.5. The molecule has 0 fully saturated rings. The third kappa shape index (κ3) is 3.79. The Kier molecular flexibility index (Phi) is 4.42. The average Bonchev–Trinajstić information content (AvgIpc) is 3.09. The number of aryl methyl sites for hydroxylation is 1. The van der Waals surface area contributed by atoms with Crippen molar-refractivity contribution < 1.29 is 9.18 Å². The Morgan fingerprint density at radius 1 is 1.17 bits per heavy atom. The number of amides is 1. The molecule has 5 nitrogen and oxygen atoms in total. The van der Waals surface area contributed by atoms with E-state index in [1.165, 1.54) is 6.07 Å². The number of rotatable bonds is 5. The Morgan fingerprint density at radius 3 is 2.74 bits per heavy atom. The van der Waals surface area contributed by atoms with E-state index in [1.807, 2.05) is 0 Å². The largest absolute Gasteiger partial charge is 0.325 e. The summed E-state index contributed by atoms with van der Waals surface area (Å²) in [5, 5.41) is 6.83. The van der Waals surface area contributed by atoms with Crippen molar-refractivity contribution in [1.82, 2.24) is 14.8 Å². The van der Waals surface area contributed by atoms with Gasteiger partial charge in [0.05, 0.1) is 11.9 Å². The lowest BCUT2D eigenvalue weighted by Gasteiger charge is -2.06. The molecule has 0 unspecified atom stereocenters. The molecular weight excluding hydrogens is 295 g/mol. The number of carbonyl (C=O) groups is 1. The molecule has 0 aliphatic heterocycles. The van der Waals surface area contributed by atoms with Crippen molar-refractivity contribution in [2.75, 3.05) is 5.32 Å². The Hall–Kier alpha value is -3.02. The zero-order valence-electron chi connectivity index (χ0n) is 12.3. The molecule has 0 aliphatic rings. The van der Waals surface area contributed by atoms with Crippen molar-refractivity contribution >= 4 is 11.6 Å². The zero-order chi connectivity index (χ0) is 16.1. The summed E-state index contributed by atoms with van der Waals surface area (Å²) in [7, 11) is 0. The average molecular weight is 310 g/mol. The van der Waals surface area contributed by atoms with Crippen LogP contribution in [0.2, 0.25) is 0 Å². The minimum absolute atomic E-state index is 0.179. The van der Waals surface area contributed by atoms with E-state index < -0.39 is 0 Å².